The molecule has 0 aromatic heterocycles. The summed E-state index contributed by atoms with van der Waals surface area (Å²) in [6, 6.07) is 0. The van der Waals surface area contributed by atoms with Crippen molar-refractivity contribution in [3.8, 4) is 0 Å². The Morgan fingerprint density at radius 3 is 0.769 bits per heavy atom. The average Bonchev–Trinajstić information content (AvgIpc) is 2.65. The number of hydrogen-bond donors (Lipinski definition) is 0. The molecular formula is C26H42. The summed E-state index contributed by atoms with van der Waals surface area (Å²) in [5.74, 6) is 0. The Kier molecular flexibility index (Phi) is 17.5. The van der Waals surface area contributed by atoms with E-state index >= 15 is 0 Å². The fourth-order valence-electron chi connectivity index (χ4n) is 3.38. The third-order valence-corrected chi connectivity index (χ3v) is 5.04. The standard InChI is InChI=1S/C26H42/c1-2-4-6-8-10-12-14-16-18-20-22-24-26-25-23-21-19-17-15-13-11-9-7-5-3-1/h1-10H,11-26H2/b2-1-,5-3-,6-4-,9-7-,10-8?. The van der Waals surface area contributed by atoms with Gasteiger partial charge in [-0.1, -0.05) is 138 Å². The SMILES string of the molecule is C1=CCCCCCCCCCCCCCCCC\C=C/C=C\C=C/C=C\1. The van der Waals surface area contributed by atoms with E-state index in [1.165, 1.54) is 103 Å². The molecule has 0 spiro atoms. The maximum absolute atomic E-state index is 2.30. The van der Waals surface area contributed by atoms with Gasteiger partial charge in [-0.2, -0.15) is 0 Å². The van der Waals surface area contributed by atoms with E-state index in [1.807, 2.05) is 0 Å². The smallest absolute Gasteiger partial charge is 0.0348 e. The average molecular weight is 355 g/mol. The first kappa shape index (κ1) is 22.7. The summed E-state index contributed by atoms with van der Waals surface area (Å²) >= 11 is 0. The van der Waals surface area contributed by atoms with E-state index < -0.39 is 0 Å². The Hall–Kier alpha value is -1.30. The summed E-state index contributed by atoms with van der Waals surface area (Å²) in [4.78, 5) is 0. The summed E-state index contributed by atoms with van der Waals surface area (Å²) in [5, 5.41) is 0. The van der Waals surface area contributed by atoms with Gasteiger partial charge in [-0.3, -0.25) is 0 Å². The minimum Gasteiger partial charge on any atom is -0.0845 e. The summed E-state index contributed by atoms with van der Waals surface area (Å²) < 4.78 is 0. The zero-order valence-corrected chi connectivity index (χ0v) is 17.1. The van der Waals surface area contributed by atoms with E-state index in [0.717, 1.165) is 0 Å². The van der Waals surface area contributed by atoms with Gasteiger partial charge in [0.15, 0.2) is 0 Å². The van der Waals surface area contributed by atoms with E-state index in [2.05, 4.69) is 60.8 Å². The molecule has 0 heterocycles. The molecule has 1 aliphatic carbocycles. The van der Waals surface area contributed by atoms with Crippen molar-refractivity contribution < 1.29 is 0 Å². The molecule has 1 aliphatic rings. The van der Waals surface area contributed by atoms with Gasteiger partial charge < -0.3 is 0 Å². The van der Waals surface area contributed by atoms with Crippen LogP contribution < -0.4 is 0 Å². The second kappa shape index (κ2) is 20.0. The van der Waals surface area contributed by atoms with E-state index in [-0.39, 0.29) is 0 Å². The van der Waals surface area contributed by atoms with Crippen LogP contribution in [-0.2, 0) is 0 Å². The van der Waals surface area contributed by atoms with Gasteiger partial charge in [0.1, 0.15) is 0 Å². The van der Waals surface area contributed by atoms with Crippen LogP contribution in [0.4, 0.5) is 0 Å². The maximum atomic E-state index is 2.30. The van der Waals surface area contributed by atoms with Gasteiger partial charge in [-0.15, -0.1) is 0 Å². The highest BCUT2D eigenvalue weighted by atomic mass is 14.0. The normalized spacial score (nSPS) is 25.8. The second-order valence-corrected chi connectivity index (χ2v) is 7.54. The molecule has 0 atom stereocenters. The van der Waals surface area contributed by atoms with Crippen molar-refractivity contribution >= 4 is 0 Å². The van der Waals surface area contributed by atoms with Crippen molar-refractivity contribution in [3.63, 3.8) is 0 Å². The Labute approximate surface area is 163 Å². The second-order valence-electron chi connectivity index (χ2n) is 7.54. The van der Waals surface area contributed by atoms with Crippen molar-refractivity contribution in [1.29, 1.82) is 0 Å². The number of allylic oxidation sites excluding steroid dienone is 10. The Balaban J connectivity index is 2.23. The van der Waals surface area contributed by atoms with Gasteiger partial charge in [0.2, 0.25) is 0 Å². The van der Waals surface area contributed by atoms with Gasteiger partial charge in [0, 0.05) is 0 Å². The number of rotatable bonds is 0. The molecule has 0 bridgehead atoms. The largest absolute Gasteiger partial charge is 0.0845 e. The Morgan fingerprint density at radius 2 is 0.462 bits per heavy atom. The maximum Gasteiger partial charge on any atom is -0.0348 e. The molecule has 26 heavy (non-hydrogen) atoms. The molecule has 0 radical (unpaired) electrons. The minimum absolute atomic E-state index is 1.22. The molecule has 146 valence electrons. The molecule has 0 aliphatic heterocycles. The Morgan fingerprint density at radius 1 is 0.231 bits per heavy atom. The van der Waals surface area contributed by atoms with Crippen LogP contribution in [0.2, 0.25) is 0 Å². The lowest BCUT2D eigenvalue weighted by Crippen LogP contribution is -1.83. The molecule has 0 N–H and O–H groups in total. The highest BCUT2D eigenvalue weighted by Crippen LogP contribution is 2.14. The van der Waals surface area contributed by atoms with Crippen LogP contribution in [0, 0.1) is 0 Å². The molecular weight excluding hydrogens is 312 g/mol. The lowest BCUT2D eigenvalue weighted by molar-refractivity contribution is 0.534. The van der Waals surface area contributed by atoms with Crippen molar-refractivity contribution in [1.82, 2.24) is 0 Å². The third kappa shape index (κ3) is 17.5. The monoisotopic (exact) mass is 354 g/mol. The molecule has 0 amide bonds. The zero-order chi connectivity index (χ0) is 18.4. The molecule has 0 aromatic rings. The summed E-state index contributed by atoms with van der Waals surface area (Å²) in [7, 11) is 0. The van der Waals surface area contributed by atoms with Crippen LogP contribution in [0.15, 0.2) is 60.8 Å². The molecule has 0 unspecified atom stereocenters. The van der Waals surface area contributed by atoms with E-state index in [1.54, 1.807) is 0 Å². The lowest BCUT2D eigenvalue weighted by Gasteiger charge is -2.03. The molecule has 0 saturated heterocycles. The fourth-order valence-corrected chi connectivity index (χ4v) is 3.38. The van der Waals surface area contributed by atoms with Crippen molar-refractivity contribution in [3.05, 3.63) is 60.8 Å². The van der Waals surface area contributed by atoms with Crippen molar-refractivity contribution in [2.45, 2.75) is 103 Å². The van der Waals surface area contributed by atoms with Crippen LogP contribution in [0.5, 0.6) is 0 Å². The van der Waals surface area contributed by atoms with Crippen LogP contribution in [0.3, 0.4) is 0 Å². The van der Waals surface area contributed by atoms with Crippen molar-refractivity contribution in [2.75, 3.05) is 0 Å². The van der Waals surface area contributed by atoms with Crippen LogP contribution in [0.25, 0.3) is 0 Å². The van der Waals surface area contributed by atoms with Crippen LogP contribution >= 0.6 is 0 Å². The topological polar surface area (TPSA) is 0 Å². The van der Waals surface area contributed by atoms with Crippen LogP contribution in [-0.4, -0.2) is 0 Å². The Bertz CT molecular complexity index is 379. The van der Waals surface area contributed by atoms with Gasteiger partial charge in [-0.25, -0.2) is 0 Å². The predicted molar refractivity (Wildman–Crippen MR) is 120 cm³/mol. The quantitative estimate of drug-likeness (QED) is 0.407. The predicted octanol–water partition coefficient (Wildman–Crippen LogP) is 9.02. The highest BCUT2D eigenvalue weighted by Gasteiger charge is 1.94. The first-order valence-electron chi connectivity index (χ1n) is 11.3. The molecule has 0 heteroatoms. The van der Waals surface area contributed by atoms with Gasteiger partial charge in [-0.05, 0) is 25.7 Å². The minimum atomic E-state index is 1.22. The zero-order valence-electron chi connectivity index (χ0n) is 17.1. The molecule has 1 rings (SSSR count). The third-order valence-electron chi connectivity index (χ3n) is 5.04. The summed E-state index contributed by atoms with van der Waals surface area (Å²) in [5.41, 5.74) is 0. The molecule has 0 nitrogen and oxygen atoms in total. The summed E-state index contributed by atoms with van der Waals surface area (Å²) in [6.45, 7) is 0. The van der Waals surface area contributed by atoms with E-state index in [0.29, 0.717) is 0 Å². The van der Waals surface area contributed by atoms with E-state index in [9.17, 15) is 0 Å². The first-order chi connectivity index (χ1) is 13.0. The summed E-state index contributed by atoms with van der Waals surface area (Å²) in [6.07, 6.45) is 44.0. The fraction of sp³-hybridized carbons (Fsp3) is 0.615. The van der Waals surface area contributed by atoms with E-state index in [4.69, 9.17) is 0 Å². The molecule has 0 aromatic carbocycles. The number of hydrogen-bond acceptors (Lipinski definition) is 0. The van der Waals surface area contributed by atoms with Crippen LogP contribution in [0.1, 0.15) is 103 Å². The van der Waals surface area contributed by atoms with Gasteiger partial charge in [0.25, 0.3) is 0 Å². The molecule has 0 fully saturated rings. The first-order valence-corrected chi connectivity index (χ1v) is 11.3. The van der Waals surface area contributed by atoms with Gasteiger partial charge >= 0.3 is 0 Å². The molecule has 0 saturated carbocycles. The van der Waals surface area contributed by atoms with Gasteiger partial charge in [0.05, 0.1) is 0 Å². The van der Waals surface area contributed by atoms with Crippen molar-refractivity contribution in [2.24, 2.45) is 0 Å². The lowest BCUT2D eigenvalue weighted by atomic mass is 10.0. The highest BCUT2D eigenvalue weighted by molar-refractivity contribution is 5.17.